The van der Waals surface area contributed by atoms with Crippen molar-refractivity contribution in [1.29, 1.82) is 5.26 Å². The average Bonchev–Trinajstić information content (AvgIpc) is 3.50. The number of hydrogen-bond acceptors (Lipinski definition) is 7. The van der Waals surface area contributed by atoms with E-state index in [1.165, 1.54) is 6.07 Å². The predicted molar refractivity (Wildman–Crippen MR) is 150 cm³/mol. The Morgan fingerprint density at radius 3 is 2.50 bits per heavy atom. The molecule has 2 bridgehead atoms. The van der Waals surface area contributed by atoms with Crippen LogP contribution >= 0.6 is 0 Å². The first-order valence-corrected chi connectivity index (χ1v) is 14.4. The van der Waals surface area contributed by atoms with Crippen molar-refractivity contribution >= 4 is 17.7 Å². The summed E-state index contributed by atoms with van der Waals surface area (Å²) in [6.07, 6.45) is 1.99. The maximum atomic E-state index is 15.3. The highest BCUT2D eigenvalue weighted by atomic mass is 19.1. The molecule has 3 fully saturated rings. The van der Waals surface area contributed by atoms with Crippen molar-refractivity contribution in [3.05, 3.63) is 29.6 Å². The monoisotopic (exact) mass is 557 g/mol. The number of carbonyl (C=O) groups is 2. The van der Waals surface area contributed by atoms with Crippen LogP contribution in [0.5, 0.6) is 0 Å². The van der Waals surface area contributed by atoms with Crippen molar-refractivity contribution in [2.24, 2.45) is 5.92 Å². The van der Waals surface area contributed by atoms with Crippen LogP contribution in [0.4, 0.5) is 14.9 Å². The Labute approximate surface area is 237 Å². The summed E-state index contributed by atoms with van der Waals surface area (Å²) in [7, 11) is 1.70. The molecule has 0 aromatic heterocycles. The lowest BCUT2D eigenvalue weighted by Gasteiger charge is -2.45. The summed E-state index contributed by atoms with van der Waals surface area (Å²) in [5.74, 6) is -0.743. The minimum Gasteiger partial charge on any atom is -0.444 e. The highest BCUT2D eigenvalue weighted by molar-refractivity contribution is 5.87. The molecule has 6 unspecified atom stereocenters. The van der Waals surface area contributed by atoms with E-state index in [1.54, 1.807) is 38.8 Å². The number of hydrogen-bond donors (Lipinski definition) is 1. The first-order valence-electron chi connectivity index (χ1n) is 14.4. The topological polar surface area (TPSA) is 98.1 Å². The summed E-state index contributed by atoms with van der Waals surface area (Å²) in [4.78, 5) is 32.4. The molecule has 0 radical (unpaired) electrons. The van der Waals surface area contributed by atoms with E-state index in [-0.39, 0.29) is 24.3 Å². The number of carbonyl (C=O) groups excluding carboxylic acids is 2. The fraction of sp³-hybridized carbons (Fsp3) is 0.700. The van der Waals surface area contributed by atoms with Crippen LogP contribution in [-0.4, -0.2) is 91.0 Å². The fourth-order valence-electron chi connectivity index (χ4n) is 6.61. The summed E-state index contributed by atoms with van der Waals surface area (Å²) in [5, 5.41) is 12.6. The maximum Gasteiger partial charge on any atom is 0.411 e. The van der Waals surface area contributed by atoms with Crippen LogP contribution < -0.4 is 10.2 Å². The van der Waals surface area contributed by atoms with E-state index >= 15 is 4.39 Å². The smallest absolute Gasteiger partial charge is 0.411 e. The Morgan fingerprint density at radius 2 is 1.90 bits per heavy atom. The van der Waals surface area contributed by atoms with E-state index in [1.807, 2.05) is 6.07 Å². The summed E-state index contributed by atoms with van der Waals surface area (Å²) in [6, 6.07) is 6.19. The minimum absolute atomic E-state index is 0.0339. The number of likely N-dealkylation sites (tertiary alicyclic amines) is 1. The van der Waals surface area contributed by atoms with E-state index in [0.29, 0.717) is 24.3 Å². The van der Waals surface area contributed by atoms with Crippen molar-refractivity contribution in [1.82, 2.24) is 15.1 Å². The lowest BCUT2D eigenvalue weighted by Crippen LogP contribution is -2.57. The summed E-state index contributed by atoms with van der Waals surface area (Å²) < 4.78 is 26.1. The van der Waals surface area contributed by atoms with Gasteiger partial charge in [0.15, 0.2) is 0 Å². The zero-order chi connectivity index (χ0) is 29.2. The van der Waals surface area contributed by atoms with Crippen LogP contribution in [0.3, 0.4) is 0 Å². The van der Waals surface area contributed by atoms with E-state index in [2.05, 4.69) is 35.0 Å². The Morgan fingerprint density at radius 1 is 1.20 bits per heavy atom. The first-order chi connectivity index (χ1) is 18.9. The normalized spacial score (nSPS) is 27.4. The van der Waals surface area contributed by atoms with Gasteiger partial charge < -0.3 is 19.7 Å². The van der Waals surface area contributed by atoms with Crippen LogP contribution in [0.15, 0.2) is 18.2 Å². The SMILES string of the molecule is COCCN1C(C)CN(c2ccc(CC(C#N)NC(=O)C3C4CCC(C4)N3C(=O)OC(C)(C)C)c(F)c2)CC1C. The predicted octanol–water partition coefficient (Wildman–Crippen LogP) is 3.71. The average molecular weight is 558 g/mol. The van der Waals surface area contributed by atoms with Gasteiger partial charge in [-0.05, 0) is 77.5 Å². The molecule has 4 rings (SSSR count). The summed E-state index contributed by atoms with van der Waals surface area (Å²) in [6.45, 7) is 12.8. The van der Waals surface area contributed by atoms with Gasteiger partial charge in [-0.1, -0.05) is 6.07 Å². The van der Waals surface area contributed by atoms with Gasteiger partial charge in [0, 0.05) is 57.0 Å². The zero-order valence-corrected chi connectivity index (χ0v) is 24.7. The molecule has 2 amide bonds. The van der Waals surface area contributed by atoms with Gasteiger partial charge in [0.2, 0.25) is 5.91 Å². The Bertz CT molecular complexity index is 1110. The number of piperazine rings is 1. The molecule has 0 spiro atoms. The summed E-state index contributed by atoms with van der Waals surface area (Å²) in [5.41, 5.74) is 0.498. The largest absolute Gasteiger partial charge is 0.444 e. The van der Waals surface area contributed by atoms with Crippen molar-refractivity contribution < 1.29 is 23.5 Å². The number of piperidine rings is 1. The molecule has 10 heteroatoms. The van der Waals surface area contributed by atoms with Gasteiger partial charge in [-0.3, -0.25) is 14.6 Å². The number of anilines is 1. The minimum atomic E-state index is -0.920. The van der Waals surface area contributed by atoms with Crippen LogP contribution in [0, 0.1) is 23.1 Å². The van der Waals surface area contributed by atoms with Crippen molar-refractivity contribution in [2.45, 2.75) is 96.1 Å². The quantitative estimate of drug-likeness (QED) is 0.520. The highest BCUT2D eigenvalue weighted by Gasteiger charge is 2.52. The first kappa shape index (κ1) is 30.1. The Kier molecular flexibility index (Phi) is 9.26. The van der Waals surface area contributed by atoms with E-state index < -0.39 is 29.6 Å². The van der Waals surface area contributed by atoms with E-state index in [0.717, 1.165) is 44.6 Å². The van der Waals surface area contributed by atoms with Gasteiger partial charge in [-0.25, -0.2) is 9.18 Å². The van der Waals surface area contributed by atoms with Crippen LogP contribution in [0.1, 0.15) is 59.4 Å². The molecular formula is C30H44FN5O4. The van der Waals surface area contributed by atoms with Gasteiger partial charge in [0.1, 0.15) is 23.5 Å². The molecule has 6 atom stereocenters. The molecule has 2 heterocycles. The number of fused-ring (bicyclic) bond motifs is 2. The van der Waals surface area contributed by atoms with Crippen LogP contribution in [-0.2, 0) is 20.7 Å². The third kappa shape index (κ3) is 6.69. The second-order valence-electron chi connectivity index (χ2n) is 12.6. The number of benzene rings is 1. The third-order valence-electron chi connectivity index (χ3n) is 8.41. The van der Waals surface area contributed by atoms with E-state index in [9.17, 15) is 14.9 Å². The van der Waals surface area contributed by atoms with Crippen molar-refractivity contribution in [3.63, 3.8) is 0 Å². The second-order valence-corrected chi connectivity index (χ2v) is 12.6. The fourth-order valence-corrected chi connectivity index (χ4v) is 6.61. The number of ether oxygens (including phenoxy) is 2. The lowest BCUT2D eigenvalue weighted by atomic mass is 9.97. The molecule has 1 saturated carbocycles. The molecule has 9 nitrogen and oxygen atoms in total. The standard InChI is InChI=1S/C30H44FN5O4/c1-19-17-34(18-20(2)35(19)11-12-39-6)24-9-7-21(26(31)15-24)13-23(16-32)33-28(37)27-22-8-10-25(14-22)36(27)29(38)40-30(3,4)5/h7,9,15,19-20,22-23,25,27H,8,10-14,17-18H2,1-6H3,(H,33,37). The molecular weight excluding hydrogens is 513 g/mol. The molecule has 1 aromatic carbocycles. The molecule has 1 N–H and O–H groups in total. The van der Waals surface area contributed by atoms with Crippen molar-refractivity contribution in [3.8, 4) is 6.07 Å². The number of halogens is 1. The lowest BCUT2D eigenvalue weighted by molar-refractivity contribution is -0.128. The number of rotatable bonds is 8. The number of methoxy groups -OCH3 is 1. The van der Waals surface area contributed by atoms with Gasteiger partial charge in [-0.15, -0.1) is 0 Å². The molecule has 1 aromatic rings. The molecule has 2 saturated heterocycles. The van der Waals surface area contributed by atoms with Crippen LogP contribution in [0.25, 0.3) is 0 Å². The second kappa shape index (κ2) is 12.3. The van der Waals surface area contributed by atoms with Gasteiger partial charge in [0.05, 0.1) is 12.7 Å². The van der Waals surface area contributed by atoms with Gasteiger partial charge in [-0.2, -0.15) is 5.26 Å². The van der Waals surface area contributed by atoms with Gasteiger partial charge in [0.25, 0.3) is 0 Å². The van der Waals surface area contributed by atoms with Gasteiger partial charge >= 0.3 is 6.09 Å². The molecule has 1 aliphatic carbocycles. The third-order valence-corrected chi connectivity index (χ3v) is 8.41. The molecule has 2 aliphatic heterocycles. The highest BCUT2D eigenvalue weighted by Crippen LogP contribution is 2.43. The number of nitrogens with zero attached hydrogens (tertiary/aromatic N) is 4. The maximum absolute atomic E-state index is 15.3. The molecule has 40 heavy (non-hydrogen) atoms. The Hall–Kier alpha value is -2.90. The number of nitrogens with one attached hydrogen (secondary N) is 1. The molecule has 3 aliphatic rings. The van der Waals surface area contributed by atoms with E-state index in [4.69, 9.17) is 9.47 Å². The van der Waals surface area contributed by atoms with Crippen LogP contribution in [0.2, 0.25) is 0 Å². The zero-order valence-electron chi connectivity index (χ0n) is 24.7. The molecule has 220 valence electrons. The summed E-state index contributed by atoms with van der Waals surface area (Å²) >= 11 is 0. The Balaban J connectivity index is 1.40. The van der Waals surface area contributed by atoms with Crippen molar-refractivity contribution in [2.75, 3.05) is 38.3 Å². The number of nitriles is 1. The number of amides is 2.